The Labute approximate surface area is 186 Å². The minimum atomic E-state index is -5.11. The van der Waals surface area contributed by atoms with E-state index in [-0.39, 0.29) is 42.5 Å². The smallest absolute Gasteiger partial charge is 0.283 e. The van der Waals surface area contributed by atoms with Crippen molar-refractivity contribution in [2.45, 2.75) is 4.75 Å². The summed E-state index contributed by atoms with van der Waals surface area (Å²) in [6.45, 7) is 0. The van der Waals surface area contributed by atoms with E-state index in [9.17, 15) is 23.2 Å². The van der Waals surface area contributed by atoms with Gasteiger partial charge in [-0.3, -0.25) is 4.55 Å². The fraction of sp³-hybridized carbons (Fsp3) is 0.0526. The maximum atomic E-state index is 13.0. The highest BCUT2D eigenvalue weighted by atomic mass is 35.5. The molecule has 0 aliphatic heterocycles. The molecule has 3 rings (SSSR count). The average molecular weight is 494 g/mol. The van der Waals surface area contributed by atoms with Crippen molar-refractivity contribution in [2.24, 2.45) is 0 Å². The highest BCUT2D eigenvalue weighted by molar-refractivity contribution is 7.87. The quantitative estimate of drug-likeness (QED) is 0.311. The van der Waals surface area contributed by atoms with E-state index in [4.69, 9.17) is 46.4 Å². The third-order valence-corrected chi connectivity index (χ3v) is 6.83. The van der Waals surface area contributed by atoms with E-state index >= 15 is 0 Å². The minimum absolute atomic E-state index is 0.0420. The lowest BCUT2D eigenvalue weighted by atomic mass is 9.83. The molecule has 0 aromatic heterocycles. The van der Waals surface area contributed by atoms with Crippen LogP contribution in [-0.2, 0) is 14.9 Å². The minimum Gasteiger partial charge on any atom is -0.508 e. The zero-order chi connectivity index (χ0) is 21.6. The molecule has 10 heteroatoms. The predicted octanol–water partition coefficient (Wildman–Crippen LogP) is 5.89. The summed E-state index contributed by atoms with van der Waals surface area (Å²) in [4.78, 5) is 0. The van der Waals surface area contributed by atoms with Crippen LogP contribution in [0.1, 0.15) is 16.7 Å². The van der Waals surface area contributed by atoms with E-state index in [0.29, 0.717) is 0 Å². The van der Waals surface area contributed by atoms with Gasteiger partial charge in [-0.15, -0.1) is 0 Å². The molecule has 0 heterocycles. The van der Waals surface area contributed by atoms with Crippen molar-refractivity contribution < 1.29 is 23.2 Å². The van der Waals surface area contributed by atoms with Crippen LogP contribution in [0.25, 0.3) is 0 Å². The Morgan fingerprint density at radius 1 is 0.793 bits per heavy atom. The molecule has 0 spiro atoms. The zero-order valence-electron chi connectivity index (χ0n) is 14.3. The van der Waals surface area contributed by atoms with Gasteiger partial charge in [-0.1, -0.05) is 64.6 Å². The van der Waals surface area contributed by atoms with Gasteiger partial charge < -0.3 is 10.2 Å². The molecule has 29 heavy (non-hydrogen) atoms. The van der Waals surface area contributed by atoms with E-state index in [2.05, 4.69) is 0 Å². The summed E-state index contributed by atoms with van der Waals surface area (Å²) in [5, 5.41) is 20.1. The molecule has 1 unspecified atom stereocenters. The summed E-state index contributed by atoms with van der Waals surface area (Å²) in [6.07, 6.45) is 0. The Hall–Kier alpha value is -1.67. The summed E-state index contributed by atoms with van der Waals surface area (Å²) < 4.78 is 34.0. The van der Waals surface area contributed by atoms with Crippen molar-refractivity contribution in [3.63, 3.8) is 0 Å². The Bertz CT molecular complexity index is 1190. The van der Waals surface area contributed by atoms with Gasteiger partial charge in [-0.25, -0.2) is 0 Å². The molecule has 3 N–H and O–H groups in total. The van der Waals surface area contributed by atoms with Crippen LogP contribution in [0.2, 0.25) is 20.1 Å². The topological polar surface area (TPSA) is 94.8 Å². The fourth-order valence-electron chi connectivity index (χ4n) is 3.26. The first-order valence-electron chi connectivity index (χ1n) is 7.89. The van der Waals surface area contributed by atoms with Gasteiger partial charge in [0.05, 0.1) is 5.02 Å². The lowest BCUT2D eigenvalue weighted by molar-refractivity contribution is 0.440. The molecular formula is C19H12Cl4O5S. The number of hydrogen-bond donors (Lipinski definition) is 3. The third kappa shape index (κ3) is 3.77. The van der Waals surface area contributed by atoms with Crippen molar-refractivity contribution in [3.05, 3.63) is 91.4 Å². The number of rotatable bonds is 4. The third-order valence-electron chi connectivity index (χ3n) is 4.34. The monoisotopic (exact) mass is 492 g/mol. The first-order valence-corrected chi connectivity index (χ1v) is 10.8. The lowest BCUT2D eigenvalue weighted by Crippen LogP contribution is -2.39. The summed E-state index contributed by atoms with van der Waals surface area (Å²) >= 11 is 24.6. The van der Waals surface area contributed by atoms with Gasteiger partial charge in [0, 0.05) is 26.2 Å². The van der Waals surface area contributed by atoms with Crippen LogP contribution in [0.15, 0.2) is 54.6 Å². The van der Waals surface area contributed by atoms with Gasteiger partial charge in [0.2, 0.25) is 0 Å². The van der Waals surface area contributed by atoms with Crippen LogP contribution >= 0.6 is 46.4 Å². The molecule has 0 bridgehead atoms. The molecule has 5 nitrogen and oxygen atoms in total. The van der Waals surface area contributed by atoms with Crippen molar-refractivity contribution in [2.75, 3.05) is 0 Å². The lowest BCUT2D eigenvalue weighted by Gasteiger charge is -2.34. The van der Waals surface area contributed by atoms with Gasteiger partial charge in [0.15, 0.2) is 4.75 Å². The molecular weight excluding hydrogens is 482 g/mol. The largest absolute Gasteiger partial charge is 0.508 e. The van der Waals surface area contributed by atoms with Gasteiger partial charge >= 0.3 is 0 Å². The molecule has 3 aromatic carbocycles. The maximum Gasteiger partial charge on any atom is 0.283 e. The van der Waals surface area contributed by atoms with Crippen LogP contribution in [-0.4, -0.2) is 23.2 Å². The van der Waals surface area contributed by atoms with Gasteiger partial charge in [0.1, 0.15) is 11.5 Å². The fourth-order valence-corrected chi connectivity index (χ4v) is 5.85. The van der Waals surface area contributed by atoms with Crippen molar-refractivity contribution in [1.82, 2.24) is 0 Å². The van der Waals surface area contributed by atoms with Gasteiger partial charge in [0.25, 0.3) is 10.1 Å². The highest BCUT2D eigenvalue weighted by Crippen LogP contribution is 2.52. The first-order chi connectivity index (χ1) is 13.5. The van der Waals surface area contributed by atoms with E-state index < -0.39 is 20.6 Å². The predicted molar refractivity (Wildman–Crippen MR) is 114 cm³/mol. The van der Waals surface area contributed by atoms with Crippen LogP contribution in [0.5, 0.6) is 11.5 Å². The molecule has 0 aliphatic rings. The summed E-state index contributed by atoms with van der Waals surface area (Å²) in [7, 11) is -5.11. The number of phenolic OH excluding ortho intramolecular Hbond substituents is 2. The van der Waals surface area contributed by atoms with E-state index in [1.54, 1.807) is 0 Å². The van der Waals surface area contributed by atoms with Crippen LogP contribution in [0.3, 0.4) is 0 Å². The number of aromatic hydroxyl groups is 2. The van der Waals surface area contributed by atoms with Crippen molar-refractivity contribution in [1.29, 1.82) is 0 Å². The molecule has 152 valence electrons. The molecule has 0 saturated heterocycles. The number of hydrogen-bond acceptors (Lipinski definition) is 4. The second-order valence-corrected chi connectivity index (χ2v) is 9.36. The molecule has 1 atom stereocenters. The maximum absolute atomic E-state index is 13.0. The second-order valence-electron chi connectivity index (χ2n) is 6.11. The van der Waals surface area contributed by atoms with Gasteiger partial charge in [-0.05, 0) is 42.0 Å². The van der Waals surface area contributed by atoms with E-state index in [1.165, 1.54) is 42.5 Å². The standard InChI is InChI=1S/C19H12Cl4O5S/c20-11-3-1-2-10(6-11)19(29(26,27)28,14-5-4-13(24)9-15(14)22)18-16(23)7-12(21)8-17(18)25/h1-9,24-25H,(H,26,27,28). The van der Waals surface area contributed by atoms with Crippen LogP contribution in [0.4, 0.5) is 0 Å². The molecule has 0 aliphatic carbocycles. The van der Waals surface area contributed by atoms with E-state index in [1.807, 2.05) is 0 Å². The number of benzene rings is 3. The molecule has 0 fully saturated rings. The summed E-state index contributed by atoms with van der Waals surface area (Å²) in [5.74, 6) is -0.829. The van der Waals surface area contributed by atoms with Crippen molar-refractivity contribution >= 4 is 56.5 Å². The van der Waals surface area contributed by atoms with Gasteiger partial charge in [-0.2, -0.15) is 8.42 Å². The summed E-state index contributed by atoms with van der Waals surface area (Å²) in [6, 6.07) is 11.4. The highest BCUT2D eigenvalue weighted by Gasteiger charge is 2.52. The van der Waals surface area contributed by atoms with E-state index in [0.717, 1.165) is 12.1 Å². The van der Waals surface area contributed by atoms with Crippen LogP contribution < -0.4 is 0 Å². The summed E-state index contributed by atoms with van der Waals surface area (Å²) in [5.41, 5.74) is -0.582. The SMILES string of the molecule is O=S(=O)(O)C(c1cccc(Cl)c1)(c1ccc(O)cc1Cl)c1c(O)cc(Cl)cc1Cl. The molecule has 0 saturated carbocycles. The molecule has 3 aromatic rings. The second kappa shape index (κ2) is 7.87. The van der Waals surface area contributed by atoms with Crippen molar-refractivity contribution in [3.8, 4) is 11.5 Å². The molecule has 0 amide bonds. The molecule has 0 radical (unpaired) electrons. The Kier molecular flexibility index (Phi) is 5.98. The first kappa shape index (κ1) is 22.0. The average Bonchev–Trinajstić information content (AvgIpc) is 2.57. The Balaban J connectivity index is 2.63. The van der Waals surface area contributed by atoms with Crippen LogP contribution in [0, 0.1) is 0 Å². The normalized spacial score (nSPS) is 13.8. The Morgan fingerprint density at radius 3 is 2.03 bits per heavy atom. The Morgan fingerprint density at radius 2 is 1.48 bits per heavy atom. The number of halogens is 4. The number of phenols is 2. The zero-order valence-corrected chi connectivity index (χ0v) is 18.1.